The van der Waals surface area contributed by atoms with Crippen LogP contribution in [0.4, 0.5) is 0 Å². The van der Waals surface area contributed by atoms with Crippen LogP contribution in [0.5, 0.6) is 0 Å². The Hall–Kier alpha value is -1.35. The van der Waals surface area contributed by atoms with Crippen molar-refractivity contribution in [3.05, 3.63) is 34.9 Å². The Morgan fingerprint density at radius 2 is 2.16 bits per heavy atom. The Bertz CT molecular complexity index is 442. The van der Waals surface area contributed by atoms with Gasteiger partial charge in [0, 0.05) is 6.54 Å². The third-order valence-corrected chi connectivity index (χ3v) is 3.80. The van der Waals surface area contributed by atoms with Crippen molar-refractivity contribution in [2.24, 2.45) is 0 Å². The minimum atomic E-state index is -0.305. The molecule has 3 nitrogen and oxygen atoms in total. The monoisotopic (exact) mass is 261 g/mol. The van der Waals surface area contributed by atoms with Crippen molar-refractivity contribution >= 4 is 5.91 Å². The number of amides is 1. The number of aliphatic hydroxyl groups is 1. The van der Waals surface area contributed by atoms with Crippen LogP contribution < -0.4 is 5.32 Å². The second-order valence-electron chi connectivity index (χ2n) is 5.33. The van der Waals surface area contributed by atoms with Gasteiger partial charge in [-0.3, -0.25) is 4.79 Å². The number of aliphatic hydroxyl groups excluding tert-OH is 1. The van der Waals surface area contributed by atoms with E-state index in [1.165, 1.54) is 24.0 Å². The molecule has 1 aromatic rings. The van der Waals surface area contributed by atoms with Crippen molar-refractivity contribution in [2.45, 2.75) is 51.6 Å². The highest BCUT2D eigenvalue weighted by Gasteiger charge is 2.12. The Kier molecular flexibility index (Phi) is 4.97. The average Bonchev–Trinajstić information content (AvgIpc) is 2.85. The summed E-state index contributed by atoms with van der Waals surface area (Å²) < 4.78 is 0. The molecule has 1 aliphatic rings. The zero-order chi connectivity index (χ0) is 13.7. The first kappa shape index (κ1) is 14.1. The fourth-order valence-corrected chi connectivity index (χ4v) is 2.57. The summed E-state index contributed by atoms with van der Waals surface area (Å²) in [6.45, 7) is 2.50. The van der Waals surface area contributed by atoms with Gasteiger partial charge in [-0.2, -0.15) is 0 Å². The van der Waals surface area contributed by atoms with E-state index in [1.54, 1.807) is 0 Å². The van der Waals surface area contributed by atoms with Gasteiger partial charge in [-0.15, -0.1) is 0 Å². The van der Waals surface area contributed by atoms with Crippen LogP contribution in [0.1, 0.15) is 42.9 Å². The molecule has 0 bridgehead atoms. The number of rotatable bonds is 6. The highest BCUT2D eigenvalue weighted by Crippen LogP contribution is 2.22. The van der Waals surface area contributed by atoms with E-state index in [9.17, 15) is 9.90 Å². The molecule has 104 valence electrons. The van der Waals surface area contributed by atoms with Crippen LogP contribution in [0.15, 0.2) is 18.2 Å². The lowest BCUT2D eigenvalue weighted by atomic mass is 10.0. The maximum Gasteiger partial charge on any atom is 0.224 e. The largest absolute Gasteiger partial charge is 0.393 e. The smallest absolute Gasteiger partial charge is 0.224 e. The molecule has 2 N–H and O–H groups in total. The molecule has 0 aliphatic heterocycles. The Morgan fingerprint density at radius 1 is 1.37 bits per heavy atom. The van der Waals surface area contributed by atoms with Crippen LogP contribution in [0, 0.1) is 0 Å². The molecule has 2 rings (SSSR count). The fourth-order valence-electron chi connectivity index (χ4n) is 2.57. The van der Waals surface area contributed by atoms with Gasteiger partial charge in [-0.05, 0) is 48.8 Å². The summed E-state index contributed by atoms with van der Waals surface area (Å²) in [6, 6.07) is 6.39. The predicted octanol–water partition coefficient (Wildman–Crippen LogP) is 2.00. The van der Waals surface area contributed by atoms with E-state index in [4.69, 9.17) is 0 Å². The maximum absolute atomic E-state index is 11.8. The van der Waals surface area contributed by atoms with Gasteiger partial charge in [0.2, 0.25) is 5.91 Å². The molecule has 0 aromatic heterocycles. The molecular formula is C16H23NO2. The van der Waals surface area contributed by atoms with Crippen LogP contribution in [0.3, 0.4) is 0 Å². The summed E-state index contributed by atoms with van der Waals surface area (Å²) in [5.74, 6) is 0.0428. The Morgan fingerprint density at radius 3 is 2.95 bits per heavy atom. The molecule has 3 heteroatoms. The number of fused-ring (bicyclic) bond motifs is 1. The molecule has 0 heterocycles. The summed E-state index contributed by atoms with van der Waals surface area (Å²) >= 11 is 0. The number of carbonyl (C=O) groups is 1. The first-order valence-electron chi connectivity index (χ1n) is 7.24. The van der Waals surface area contributed by atoms with Gasteiger partial charge in [0.05, 0.1) is 12.5 Å². The van der Waals surface area contributed by atoms with Crippen molar-refractivity contribution < 1.29 is 9.90 Å². The molecule has 0 saturated carbocycles. The predicted molar refractivity (Wildman–Crippen MR) is 76.1 cm³/mol. The molecule has 1 aliphatic carbocycles. The van der Waals surface area contributed by atoms with Crippen LogP contribution in [0.2, 0.25) is 0 Å². The SMILES string of the molecule is CCC(O)CCNC(=O)Cc1ccc2c(c1)CCC2. The first-order chi connectivity index (χ1) is 9.19. The van der Waals surface area contributed by atoms with Gasteiger partial charge >= 0.3 is 0 Å². The summed E-state index contributed by atoms with van der Waals surface area (Å²) in [5, 5.41) is 12.3. The van der Waals surface area contributed by atoms with Crippen molar-refractivity contribution in [1.82, 2.24) is 5.32 Å². The van der Waals surface area contributed by atoms with Crippen LogP contribution in [-0.2, 0) is 24.1 Å². The van der Waals surface area contributed by atoms with E-state index in [0.29, 0.717) is 19.4 Å². The fraction of sp³-hybridized carbons (Fsp3) is 0.562. The lowest BCUT2D eigenvalue weighted by Crippen LogP contribution is -2.28. The number of nitrogens with one attached hydrogen (secondary N) is 1. The molecule has 19 heavy (non-hydrogen) atoms. The molecule has 1 atom stereocenters. The Labute approximate surface area is 115 Å². The zero-order valence-electron chi connectivity index (χ0n) is 11.6. The summed E-state index contributed by atoms with van der Waals surface area (Å²) in [4.78, 5) is 11.8. The molecule has 0 saturated heterocycles. The van der Waals surface area contributed by atoms with E-state index >= 15 is 0 Å². The quantitative estimate of drug-likeness (QED) is 0.823. The summed E-state index contributed by atoms with van der Waals surface area (Å²) in [7, 11) is 0. The minimum absolute atomic E-state index is 0.0428. The first-order valence-corrected chi connectivity index (χ1v) is 7.24. The third kappa shape index (κ3) is 4.06. The highest BCUT2D eigenvalue weighted by atomic mass is 16.3. The minimum Gasteiger partial charge on any atom is -0.393 e. The standard InChI is InChI=1S/C16H23NO2/c1-2-15(18)8-9-17-16(19)11-12-6-7-13-4-3-5-14(13)10-12/h6-7,10,15,18H,2-5,8-9,11H2,1H3,(H,17,19). The number of carbonyl (C=O) groups excluding carboxylic acids is 1. The number of hydrogen-bond acceptors (Lipinski definition) is 2. The molecule has 0 fully saturated rings. The molecule has 0 spiro atoms. The summed E-state index contributed by atoms with van der Waals surface area (Å²) in [5.41, 5.74) is 3.94. The van der Waals surface area contributed by atoms with Crippen LogP contribution >= 0.6 is 0 Å². The second-order valence-corrected chi connectivity index (χ2v) is 5.33. The number of aryl methyl sites for hydroxylation is 2. The summed E-state index contributed by atoms with van der Waals surface area (Å²) in [6.07, 6.45) is 5.06. The van der Waals surface area contributed by atoms with E-state index in [2.05, 4.69) is 23.5 Å². The normalized spacial score (nSPS) is 15.1. The second kappa shape index (κ2) is 6.71. The van der Waals surface area contributed by atoms with E-state index in [1.807, 2.05) is 6.92 Å². The van der Waals surface area contributed by atoms with Gasteiger partial charge in [0.1, 0.15) is 0 Å². The number of hydrogen-bond donors (Lipinski definition) is 2. The van der Waals surface area contributed by atoms with E-state index in [-0.39, 0.29) is 12.0 Å². The van der Waals surface area contributed by atoms with E-state index in [0.717, 1.165) is 18.4 Å². The van der Waals surface area contributed by atoms with Crippen LogP contribution in [0.25, 0.3) is 0 Å². The zero-order valence-corrected chi connectivity index (χ0v) is 11.6. The van der Waals surface area contributed by atoms with Gasteiger partial charge in [-0.1, -0.05) is 25.1 Å². The van der Waals surface area contributed by atoms with Crippen molar-refractivity contribution in [3.63, 3.8) is 0 Å². The molecule has 1 amide bonds. The molecule has 1 unspecified atom stereocenters. The van der Waals surface area contributed by atoms with Gasteiger partial charge in [0.15, 0.2) is 0 Å². The van der Waals surface area contributed by atoms with Crippen molar-refractivity contribution in [2.75, 3.05) is 6.54 Å². The van der Waals surface area contributed by atoms with Crippen molar-refractivity contribution in [1.29, 1.82) is 0 Å². The molecule has 1 aromatic carbocycles. The van der Waals surface area contributed by atoms with Gasteiger partial charge in [0.25, 0.3) is 0 Å². The third-order valence-electron chi connectivity index (χ3n) is 3.80. The molecular weight excluding hydrogens is 238 g/mol. The lowest BCUT2D eigenvalue weighted by Gasteiger charge is -2.09. The molecule has 0 radical (unpaired) electrons. The van der Waals surface area contributed by atoms with Crippen LogP contribution in [-0.4, -0.2) is 23.7 Å². The topological polar surface area (TPSA) is 49.3 Å². The van der Waals surface area contributed by atoms with Gasteiger partial charge in [-0.25, -0.2) is 0 Å². The highest BCUT2D eigenvalue weighted by molar-refractivity contribution is 5.78. The van der Waals surface area contributed by atoms with E-state index < -0.39 is 0 Å². The average molecular weight is 261 g/mol. The lowest BCUT2D eigenvalue weighted by molar-refractivity contribution is -0.120. The van der Waals surface area contributed by atoms with Crippen molar-refractivity contribution in [3.8, 4) is 0 Å². The Balaban J connectivity index is 1.79. The van der Waals surface area contributed by atoms with Gasteiger partial charge < -0.3 is 10.4 Å². The number of benzene rings is 1. The maximum atomic E-state index is 11.8.